The summed E-state index contributed by atoms with van der Waals surface area (Å²) in [5, 5.41) is 2.48. The van der Waals surface area contributed by atoms with E-state index in [9.17, 15) is 9.59 Å². The molecule has 1 atom stereocenters. The lowest BCUT2D eigenvalue weighted by Gasteiger charge is -2.41. The average molecular weight is 426 g/mol. The molecule has 3 N–H and O–H groups in total. The minimum absolute atomic E-state index is 0.220. The van der Waals surface area contributed by atoms with Crippen LogP contribution in [0, 0.1) is 5.41 Å². The number of rotatable bonds is 8. The molecule has 2 aliphatic rings. The highest BCUT2D eigenvalue weighted by Gasteiger charge is 2.37. The molecule has 2 fully saturated rings. The fourth-order valence-electron chi connectivity index (χ4n) is 3.55. The van der Waals surface area contributed by atoms with Crippen LogP contribution in [0.3, 0.4) is 0 Å². The van der Waals surface area contributed by atoms with Crippen LogP contribution < -0.4 is 11.1 Å². The predicted molar refractivity (Wildman–Crippen MR) is 114 cm³/mol. The van der Waals surface area contributed by atoms with Gasteiger partial charge in [-0.25, -0.2) is 0 Å². The molecule has 8 heteroatoms. The second-order valence-electron chi connectivity index (χ2n) is 9.42. The predicted octanol–water partition coefficient (Wildman–Crippen LogP) is 1.93. The maximum Gasteiger partial charge on any atom is 0.252 e. The Morgan fingerprint density at radius 3 is 2.40 bits per heavy atom. The number of nitrogens with one attached hydrogen (secondary N) is 1. The molecular formula is C22H39N3O5. The zero-order valence-corrected chi connectivity index (χ0v) is 19.2. The van der Waals surface area contributed by atoms with Crippen molar-refractivity contribution in [3.05, 3.63) is 11.8 Å². The van der Waals surface area contributed by atoms with E-state index in [1.807, 2.05) is 39.6 Å². The molecule has 0 aromatic carbocycles. The maximum absolute atomic E-state index is 12.8. The number of hydrogen-bond acceptors (Lipinski definition) is 7. The summed E-state index contributed by atoms with van der Waals surface area (Å²) >= 11 is 0. The quantitative estimate of drug-likeness (QED) is 0.573. The molecule has 8 nitrogen and oxygen atoms in total. The Morgan fingerprint density at radius 1 is 1.13 bits per heavy atom. The third kappa shape index (κ3) is 6.77. The molecule has 2 saturated heterocycles. The molecule has 172 valence electrons. The summed E-state index contributed by atoms with van der Waals surface area (Å²) in [4.78, 5) is 27.3. The fourth-order valence-corrected chi connectivity index (χ4v) is 3.55. The summed E-state index contributed by atoms with van der Waals surface area (Å²) < 4.78 is 16.8. The van der Waals surface area contributed by atoms with Crippen LogP contribution in [0.5, 0.6) is 0 Å². The van der Waals surface area contributed by atoms with E-state index in [4.69, 9.17) is 19.9 Å². The van der Waals surface area contributed by atoms with Crippen LogP contribution in [0.4, 0.5) is 0 Å². The van der Waals surface area contributed by atoms with Crippen molar-refractivity contribution >= 4 is 11.8 Å². The van der Waals surface area contributed by atoms with Gasteiger partial charge in [-0.2, -0.15) is 0 Å². The Kier molecular flexibility index (Phi) is 8.85. The van der Waals surface area contributed by atoms with Gasteiger partial charge in [0, 0.05) is 43.1 Å². The van der Waals surface area contributed by atoms with E-state index in [-0.39, 0.29) is 18.2 Å². The lowest BCUT2D eigenvalue weighted by atomic mass is 9.90. The minimum Gasteiger partial charge on any atom is -0.401 e. The van der Waals surface area contributed by atoms with E-state index in [2.05, 4.69) is 5.32 Å². The number of likely N-dealkylation sites (N-methyl/N-ethyl adjacent to an activating group) is 1. The third-order valence-electron chi connectivity index (χ3n) is 6.25. The van der Waals surface area contributed by atoms with E-state index in [1.165, 1.54) is 6.08 Å². The summed E-state index contributed by atoms with van der Waals surface area (Å²) in [6, 6.07) is 0.244. The molecule has 0 aromatic rings. The van der Waals surface area contributed by atoms with Crippen LogP contribution >= 0.6 is 0 Å². The molecular weight excluding hydrogens is 386 g/mol. The molecule has 0 aromatic heterocycles. The lowest BCUT2D eigenvalue weighted by molar-refractivity contribution is -0.173. The number of carbonyl (C=O) groups excluding carboxylic acids is 2. The number of hydrogen-bond donors (Lipinski definition) is 2. The van der Waals surface area contributed by atoms with Crippen LogP contribution in [0.1, 0.15) is 59.8 Å². The van der Waals surface area contributed by atoms with Crippen molar-refractivity contribution < 1.29 is 23.8 Å². The topological polar surface area (TPSA) is 103 Å². The second kappa shape index (κ2) is 10.7. The number of imide groups is 1. The van der Waals surface area contributed by atoms with Gasteiger partial charge in [0.25, 0.3) is 5.91 Å². The van der Waals surface area contributed by atoms with Crippen molar-refractivity contribution in [3.63, 3.8) is 0 Å². The highest BCUT2D eigenvalue weighted by atomic mass is 16.7. The van der Waals surface area contributed by atoms with Gasteiger partial charge < -0.3 is 19.9 Å². The van der Waals surface area contributed by atoms with E-state index >= 15 is 0 Å². The normalized spacial score (nSPS) is 22.2. The fraction of sp³-hybridized carbons (Fsp3) is 0.818. The van der Waals surface area contributed by atoms with Gasteiger partial charge in [0.05, 0.1) is 12.1 Å². The first-order chi connectivity index (χ1) is 14.0. The van der Waals surface area contributed by atoms with Crippen molar-refractivity contribution in [2.75, 3.05) is 33.5 Å². The van der Waals surface area contributed by atoms with Crippen molar-refractivity contribution in [2.24, 2.45) is 11.1 Å². The summed E-state index contributed by atoms with van der Waals surface area (Å²) in [5.74, 6) is -0.872. The Bertz CT molecular complexity index is 620. The smallest absolute Gasteiger partial charge is 0.252 e. The third-order valence-corrected chi connectivity index (χ3v) is 6.25. The first kappa shape index (κ1) is 24.8. The van der Waals surface area contributed by atoms with Gasteiger partial charge in [0.2, 0.25) is 5.91 Å². The molecule has 2 heterocycles. The SMILES string of the molecule is CN(C1CCOCC1)C(C)(C)C(=O)NC(=O)C=C(N)C(C)(C)COC1CCCCO1. The molecule has 30 heavy (non-hydrogen) atoms. The summed E-state index contributed by atoms with van der Waals surface area (Å²) in [5.41, 5.74) is 5.14. The van der Waals surface area contributed by atoms with Crippen LogP contribution in [0.15, 0.2) is 11.8 Å². The zero-order valence-electron chi connectivity index (χ0n) is 19.2. The van der Waals surface area contributed by atoms with Crippen molar-refractivity contribution in [2.45, 2.75) is 77.7 Å². The number of amides is 2. The minimum atomic E-state index is -0.836. The van der Waals surface area contributed by atoms with E-state index in [1.54, 1.807) is 0 Å². The van der Waals surface area contributed by atoms with E-state index < -0.39 is 16.9 Å². The number of carbonyl (C=O) groups is 2. The molecule has 2 amide bonds. The highest BCUT2D eigenvalue weighted by molar-refractivity contribution is 6.04. The first-order valence-electron chi connectivity index (χ1n) is 10.9. The van der Waals surface area contributed by atoms with Gasteiger partial charge in [-0.3, -0.25) is 19.8 Å². The Balaban J connectivity index is 1.90. The van der Waals surface area contributed by atoms with Crippen LogP contribution in [-0.4, -0.2) is 68.1 Å². The van der Waals surface area contributed by atoms with Crippen LogP contribution in [0.25, 0.3) is 0 Å². The van der Waals surface area contributed by atoms with Gasteiger partial charge in [0.1, 0.15) is 0 Å². The van der Waals surface area contributed by atoms with Crippen molar-refractivity contribution in [1.29, 1.82) is 0 Å². The Hall–Kier alpha value is -1.48. The highest BCUT2D eigenvalue weighted by Crippen LogP contribution is 2.26. The second-order valence-corrected chi connectivity index (χ2v) is 9.42. The molecule has 0 aliphatic carbocycles. The van der Waals surface area contributed by atoms with Crippen LogP contribution in [0.2, 0.25) is 0 Å². The maximum atomic E-state index is 12.8. The van der Waals surface area contributed by atoms with Gasteiger partial charge in [-0.15, -0.1) is 0 Å². The lowest BCUT2D eigenvalue weighted by Crippen LogP contribution is -2.58. The Morgan fingerprint density at radius 2 is 1.80 bits per heavy atom. The molecule has 0 saturated carbocycles. The Labute approximate surface area is 180 Å². The molecule has 0 spiro atoms. The largest absolute Gasteiger partial charge is 0.401 e. The van der Waals surface area contributed by atoms with Gasteiger partial charge >= 0.3 is 0 Å². The zero-order chi connectivity index (χ0) is 22.4. The van der Waals surface area contributed by atoms with Crippen LogP contribution in [-0.2, 0) is 23.8 Å². The number of nitrogens with two attached hydrogens (primary N) is 1. The summed E-state index contributed by atoms with van der Waals surface area (Å²) in [6.45, 7) is 9.86. The van der Waals surface area contributed by atoms with E-state index in [0.717, 1.165) is 32.1 Å². The monoisotopic (exact) mass is 425 g/mol. The van der Waals surface area contributed by atoms with E-state index in [0.29, 0.717) is 32.1 Å². The molecule has 2 aliphatic heterocycles. The van der Waals surface area contributed by atoms with Crippen molar-refractivity contribution in [3.8, 4) is 0 Å². The number of ether oxygens (including phenoxy) is 3. The first-order valence-corrected chi connectivity index (χ1v) is 10.9. The molecule has 0 bridgehead atoms. The standard InChI is InChI=1S/C22H39N3O5/c1-21(2,15-30-19-8-6-7-11-29-19)17(23)14-18(26)24-20(27)22(3,4)25(5)16-9-12-28-13-10-16/h14,16,19H,6-13,15,23H2,1-5H3,(H,24,26,27). The molecule has 1 unspecified atom stereocenters. The average Bonchev–Trinajstić information content (AvgIpc) is 2.73. The summed E-state index contributed by atoms with van der Waals surface area (Å²) in [6.07, 6.45) is 5.80. The van der Waals surface area contributed by atoms with Gasteiger partial charge in [-0.1, -0.05) is 13.8 Å². The summed E-state index contributed by atoms with van der Waals surface area (Å²) in [7, 11) is 1.91. The van der Waals surface area contributed by atoms with Gasteiger partial charge in [0.15, 0.2) is 6.29 Å². The number of nitrogens with zero attached hydrogens (tertiary/aromatic N) is 1. The van der Waals surface area contributed by atoms with Gasteiger partial charge in [-0.05, 0) is 53.0 Å². The molecule has 2 rings (SSSR count). The van der Waals surface area contributed by atoms with Crippen molar-refractivity contribution in [1.82, 2.24) is 10.2 Å². The molecule has 0 radical (unpaired) electrons.